The van der Waals surface area contributed by atoms with Crippen LogP contribution in [0.2, 0.25) is 5.02 Å². The third-order valence-corrected chi connectivity index (χ3v) is 3.59. The van der Waals surface area contributed by atoms with Gasteiger partial charge in [-0.3, -0.25) is 0 Å². The lowest BCUT2D eigenvalue weighted by molar-refractivity contribution is 0.300. The smallest absolute Gasteiger partial charge is 0.0479 e. The topological polar surface area (TPSA) is 20.2 Å². The van der Waals surface area contributed by atoms with Crippen LogP contribution in [0.5, 0.6) is 0 Å². The first-order valence-electron chi connectivity index (χ1n) is 4.75. The van der Waals surface area contributed by atoms with Crippen molar-refractivity contribution in [3.8, 4) is 10.4 Å². The van der Waals surface area contributed by atoms with Gasteiger partial charge in [0.25, 0.3) is 0 Å². The molecule has 1 nitrogen and oxygen atoms in total. The van der Waals surface area contributed by atoms with Crippen LogP contribution in [-0.4, -0.2) is 11.7 Å². The van der Waals surface area contributed by atoms with Crippen LogP contribution in [0.4, 0.5) is 0 Å². The zero-order valence-corrected chi connectivity index (χ0v) is 9.68. The molecule has 1 heterocycles. The molecule has 3 heteroatoms. The zero-order chi connectivity index (χ0) is 10.7. The molecule has 15 heavy (non-hydrogen) atoms. The van der Waals surface area contributed by atoms with Gasteiger partial charge in [-0.15, -0.1) is 11.3 Å². The van der Waals surface area contributed by atoms with Gasteiger partial charge in [-0.25, -0.2) is 0 Å². The quantitative estimate of drug-likeness (QED) is 0.866. The second kappa shape index (κ2) is 4.79. The second-order valence-electron chi connectivity index (χ2n) is 3.25. The fraction of sp³-hybridized carbons (Fsp3) is 0.167. The Hall–Kier alpha value is -0.830. The van der Waals surface area contributed by atoms with Gasteiger partial charge in [0.2, 0.25) is 0 Å². The minimum atomic E-state index is 0.209. The molecule has 2 rings (SSSR count). The Balaban J connectivity index is 2.25. The molecule has 1 aromatic heterocycles. The predicted molar refractivity (Wildman–Crippen MR) is 65.6 cm³/mol. The summed E-state index contributed by atoms with van der Waals surface area (Å²) >= 11 is 7.54. The molecule has 0 atom stereocenters. The van der Waals surface area contributed by atoms with E-state index in [1.807, 2.05) is 24.3 Å². The largest absolute Gasteiger partial charge is 0.396 e. The summed E-state index contributed by atoms with van der Waals surface area (Å²) in [6.45, 7) is 0.209. The Bertz CT molecular complexity index is 433. The van der Waals surface area contributed by atoms with Gasteiger partial charge in [0.1, 0.15) is 0 Å². The molecule has 2 aromatic rings. The number of hydrogen-bond acceptors (Lipinski definition) is 2. The summed E-state index contributed by atoms with van der Waals surface area (Å²) in [5.74, 6) is 0. The number of thiophene rings is 1. The van der Waals surface area contributed by atoms with Gasteiger partial charge >= 0.3 is 0 Å². The van der Waals surface area contributed by atoms with Gasteiger partial charge in [-0.2, -0.15) is 0 Å². The maximum atomic E-state index is 8.83. The number of rotatable bonds is 3. The minimum Gasteiger partial charge on any atom is -0.396 e. The highest BCUT2D eigenvalue weighted by molar-refractivity contribution is 7.15. The van der Waals surface area contributed by atoms with E-state index in [0.717, 1.165) is 11.4 Å². The Morgan fingerprint density at radius 1 is 1.07 bits per heavy atom. The van der Waals surface area contributed by atoms with Crippen molar-refractivity contribution in [2.24, 2.45) is 0 Å². The molecular formula is C12H11ClOS. The molecule has 0 unspecified atom stereocenters. The Morgan fingerprint density at radius 2 is 1.80 bits per heavy atom. The standard InChI is InChI=1S/C12H11ClOS/c13-10-3-1-9(2-4-10)12-6-5-11(15-12)7-8-14/h1-6,14H,7-8H2. The number of halogens is 1. The normalized spacial score (nSPS) is 10.5. The molecule has 0 radical (unpaired) electrons. The minimum absolute atomic E-state index is 0.209. The number of hydrogen-bond donors (Lipinski definition) is 1. The molecule has 0 aliphatic carbocycles. The lowest BCUT2D eigenvalue weighted by atomic mass is 10.2. The van der Waals surface area contributed by atoms with Crippen molar-refractivity contribution < 1.29 is 5.11 Å². The summed E-state index contributed by atoms with van der Waals surface area (Å²) in [4.78, 5) is 2.43. The highest BCUT2D eigenvalue weighted by Crippen LogP contribution is 2.29. The predicted octanol–water partition coefficient (Wildman–Crippen LogP) is 3.60. The highest BCUT2D eigenvalue weighted by Gasteiger charge is 2.02. The van der Waals surface area contributed by atoms with Crippen LogP contribution in [0.3, 0.4) is 0 Å². The maximum absolute atomic E-state index is 8.83. The number of aliphatic hydroxyl groups is 1. The first-order chi connectivity index (χ1) is 7.29. The molecule has 1 aromatic carbocycles. The fourth-order valence-electron chi connectivity index (χ4n) is 1.39. The first-order valence-corrected chi connectivity index (χ1v) is 5.94. The van der Waals surface area contributed by atoms with Gasteiger partial charge < -0.3 is 5.11 Å². The average Bonchev–Trinajstić information content (AvgIpc) is 2.68. The van der Waals surface area contributed by atoms with Gasteiger partial charge in [-0.1, -0.05) is 23.7 Å². The Morgan fingerprint density at radius 3 is 2.47 bits per heavy atom. The van der Waals surface area contributed by atoms with Crippen molar-refractivity contribution in [1.29, 1.82) is 0 Å². The van der Waals surface area contributed by atoms with Gasteiger partial charge in [0.15, 0.2) is 0 Å². The highest BCUT2D eigenvalue weighted by atomic mass is 35.5. The lowest BCUT2D eigenvalue weighted by Crippen LogP contribution is -1.84. The van der Waals surface area contributed by atoms with E-state index in [1.54, 1.807) is 11.3 Å². The van der Waals surface area contributed by atoms with Crippen molar-refractivity contribution >= 4 is 22.9 Å². The van der Waals surface area contributed by atoms with E-state index in [4.69, 9.17) is 16.7 Å². The fourth-order valence-corrected chi connectivity index (χ4v) is 2.52. The van der Waals surface area contributed by atoms with Crippen LogP contribution >= 0.6 is 22.9 Å². The van der Waals surface area contributed by atoms with Crippen molar-refractivity contribution in [3.63, 3.8) is 0 Å². The van der Waals surface area contributed by atoms with E-state index >= 15 is 0 Å². The van der Waals surface area contributed by atoms with Crippen molar-refractivity contribution in [2.45, 2.75) is 6.42 Å². The first kappa shape index (κ1) is 10.7. The SMILES string of the molecule is OCCc1ccc(-c2ccc(Cl)cc2)s1. The van der Waals surface area contributed by atoms with Crippen molar-refractivity contribution in [3.05, 3.63) is 46.3 Å². The molecular weight excluding hydrogens is 228 g/mol. The van der Waals surface area contributed by atoms with E-state index in [9.17, 15) is 0 Å². The van der Waals surface area contributed by atoms with Crippen LogP contribution in [0.15, 0.2) is 36.4 Å². The van der Waals surface area contributed by atoms with Crippen LogP contribution in [-0.2, 0) is 6.42 Å². The number of benzene rings is 1. The summed E-state index contributed by atoms with van der Waals surface area (Å²) < 4.78 is 0. The van der Waals surface area contributed by atoms with Gasteiger partial charge in [0.05, 0.1) is 0 Å². The Labute approximate surface area is 98.0 Å². The monoisotopic (exact) mass is 238 g/mol. The molecule has 78 valence electrons. The van der Waals surface area contributed by atoms with Gasteiger partial charge in [-0.05, 0) is 29.8 Å². The molecule has 0 fully saturated rings. The molecule has 0 spiro atoms. The average molecular weight is 239 g/mol. The van der Waals surface area contributed by atoms with Crippen LogP contribution < -0.4 is 0 Å². The summed E-state index contributed by atoms with van der Waals surface area (Å²) in [6.07, 6.45) is 0.734. The molecule has 0 aliphatic rings. The zero-order valence-electron chi connectivity index (χ0n) is 8.11. The molecule has 0 bridgehead atoms. The van der Waals surface area contributed by atoms with E-state index in [-0.39, 0.29) is 6.61 Å². The maximum Gasteiger partial charge on any atom is 0.0479 e. The Kier molecular flexibility index (Phi) is 3.41. The summed E-state index contributed by atoms with van der Waals surface area (Å²) in [5, 5.41) is 9.58. The van der Waals surface area contributed by atoms with Crippen LogP contribution in [0.25, 0.3) is 10.4 Å². The van der Waals surface area contributed by atoms with E-state index < -0.39 is 0 Å². The van der Waals surface area contributed by atoms with Gasteiger partial charge in [0, 0.05) is 27.8 Å². The molecule has 1 N–H and O–H groups in total. The second-order valence-corrected chi connectivity index (χ2v) is 4.85. The van der Waals surface area contributed by atoms with E-state index in [2.05, 4.69) is 12.1 Å². The molecule has 0 aliphatic heterocycles. The summed E-state index contributed by atoms with van der Waals surface area (Å²) in [5.41, 5.74) is 1.17. The van der Waals surface area contributed by atoms with Crippen molar-refractivity contribution in [1.82, 2.24) is 0 Å². The summed E-state index contributed by atoms with van der Waals surface area (Å²) in [6, 6.07) is 11.9. The molecule has 0 amide bonds. The third-order valence-electron chi connectivity index (χ3n) is 2.15. The van der Waals surface area contributed by atoms with Crippen LogP contribution in [0.1, 0.15) is 4.88 Å². The molecule has 0 saturated carbocycles. The van der Waals surface area contributed by atoms with Crippen molar-refractivity contribution in [2.75, 3.05) is 6.61 Å². The van der Waals surface area contributed by atoms with Crippen LogP contribution in [0, 0.1) is 0 Å². The third kappa shape index (κ3) is 2.59. The molecule has 0 saturated heterocycles. The number of aliphatic hydroxyl groups excluding tert-OH is 1. The summed E-state index contributed by atoms with van der Waals surface area (Å²) in [7, 11) is 0. The van der Waals surface area contributed by atoms with E-state index in [1.165, 1.54) is 15.3 Å². The van der Waals surface area contributed by atoms with E-state index in [0.29, 0.717) is 0 Å². The lowest BCUT2D eigenvalue weighted by Gasteiger charge is -1.96.